The van der Waals surface area contributed by atoms with Gasteiger partial charge in [0.15, 0.2) is 15.7 Å². The van der Waals surface area contributed by atoms with E-state index in [0.29, 0.717) is 17.1 Å². The number of hydrogen-bond donors (Lipinski definition) is 0. The second kappa shape index (κ2) is 7.00. The van der Waals surface area contributed by atoms with Crippen LogP contribution in [0.2, 0.25) is 0 Å². The van der Waals surface area contributed by atoms with Gasteiger partial charge < -0.3 is 9.80 Å². The average molecular weight is 347 g/mol. The Balaban J connectivity index is 2.32. The van der Waals surface area contributed by atoms with Crippen molar-refractivity contribution >= 4 is 27.2 Å². The van der Waals surface area contributed by atoms with E-state index in [0.717, 1.165) is 6.26 Å². The molecule has 1 amide bonds. The molecule has 2 rings (SSSR count). The Labute approximate surface area is 142 Å². The first kappa shape index (κ1) is 17.9. The fourth-order valence-corrected chi connectivity index (χ4v) is 3.36. The number of anilines is 2. The van der Waals surface area contributed by atoms with E-state index >= 15 is 0 Å². The fraction of sp³-hybridized carbons (Fsp3) is 0.294. The molecule has 0 N–H and O–H groups in total. The molecule has 7 heteroatoms. The number of likely N-dealkylation sites (N-methyl/N-ethyl adjacent to an activating group) is 1. The highest BCUT2D eigenvalue weighted by Gasteiger charge is 2.20. The third-order valence-corrected chi connectivity index (χ3v) is 4.84. The molecular formula is C17H21N3O3S. The zero-order valence-electron chi connectivity index (χ0n) is 14.2. The highest BCUT2D eigenvalue weighted by atomic mass is 32.2. The Kier molecular flexibility index (Phi) is 5.23. The van der Waals surface area contributed by atoms with Crippen molar-refractivity contribution in [1.82, 2.24) is 4.98 Å². The number of carbonyl (C=O) groups is 1. The smallest absolute Gasteiger partial charge is 0.231 e. The number of sulfone groups is 1. The van der Waals surface area contributed by atoms with Gasteiger partial charge in [0.25, 0.3) is 0 Å². The fourth-order valence-electron chi connectivity index (χ4n) is 2.42. The van der Waals surface area contributed by atoms with Crippen molar-refractivity contribution in [3.63, 3.8) is 0 Å². The quantitative estimate of drug-likeness (QED) is 0.824. The maximum absolute atomic E-state index is 12.7. The van der Waals surface area contributed by atoms with E-state index in [1.165, 1.54) is 11.0 Å². The van der Waals surface area contributed by atoms with Crippen molar-refractivity contribution < 1.29 is 13.2 Å². The monoisotopic (exact) mass is 347 g/mol. The van der Waals surface area contributed by atoms with Crippen LogP contribution in [0.5, 0.6) is 0 Å². The van der Waals surface area contributed by atoms with Crippen LogP contribution < -0.4 is 9.80 Å². The van der Waals surface area contributed by atoms with Crippen molar-refractivity contribution in [3.05, 3.63) is 48.2 Å². The summed E-state index contributed by atoms with van der Waals surface area (Å²) in [5.74, 6) is 0.465. The minimum Gasteiger partial charge on any atom is -0.361 e. The van der Waals surface area contributed by atoms with Crippen LogP contribution >= 0.6 is 0 Å². The lowest BCUT2D eigenvalue weighted by Gasteiger charge is -2.23. The summed E-state index contributed by atoms with van der Waals surface area (Å²) in [5, 5.41) is 0. The summed E-state index contributed by atoms with van der Waals surface area (Å²) in [6.45, 7) is 0. The lowest BCUT2D eigenvalue weighted by molar-refractivity contribution is -0.117. The van der Waals surface area contributed by atoms with Crippen LogP contribution in [0.4, 0.5) is 11.5 Å². The number of aromatic nitrogens is 1. The summed E-state index contributed by atoms with van der Waals surface area (Å²) in [6.07, 6.45) is 2.81. The van der Waals surface area contributed by atoms with E-state index in [1.807, 2.05) is 25.1 Å². The van der Waals surface area contributed by atoms with Gasteiger partial charge in [0, 0.05) is 33.6 Å². The second-order valence-electron chi connectivity index (χ2n) is 5.75. The van der Waals surface area contributed by atoms with Crippen LogP contribution in [0.1, 0.15) is 5.56 Å². The minimum absolute atomic E-state index is 0.00149. The highest BCUT2D eigenvalue weighted by Crippen LogP contribution is 2.25. The molecule has 0 bridgehead atoms. The third-order valence-electron chi connectivity index (χ3n) is 3.64. The van der Waals surface area contributed by atoms with Gasteiger partial charge in [-0.05, 0) is 23.8 Å². The summed E-state index contributed by atoms with van der Waals surface area (Å²) < 4.78 is 23.8. The molecule has 0 radical (unpaired) electrons. The van der Waals surface area contributed by atoms with Gasteiger partial charge in [0.05, 0.1) is 17.0 Å². The standard InChI is InChI=1S/C17H21N3O3S/c1-19(2)17-14(9-7-11-18-17)20(3)16(21)12-13-8-5-6-10-15(13)24(4,22)23/h5-11H,12H2,1-4H3. The zero-order chi connectivity index (χ0) is 17.9. The molecule has 0 atom stereocenters. The maximum Gasteiger partial charge on any atom is 0.231 e. The molecule has 0 unspecified atom stereocenters. The van der Waals surface area contributed by atoms with Crippen molar-refractivity contribution in [3.8, 4) is 0 Å². The summed E-state index contributed by atoms with van der Waals surface area (Å²) in [6, 6.07) is 10.1. The molecule has 24 heavy (non-hydrogen) atoms. The Morgan fingerprint density at radius 1 is 1.08 bits per heavy atom. The third kappa shape index (κ3) is 3.91. The number of pyridine rings is 1. The molecule has 0 aliphatic carbocycles. The number of amides is 1. The number of hydrogen-bond acceptors (Lipinski definition) is 5. The lowest BCUT2D eigenvalue weighted by Crippen LogP contribution is -2.30. The van der Waals surface area contributed by atoms with Crippen LogP contribution in [0, 0.1) is 0 Å². The molecule has 128 valence electrons. The van der Waals surface area contributed by atoms with Crippen molar-refractivity contribution in [2.75, 3.05) is 37.2 Å². The van der Waals surface area contributed by atoms with E-state index < -0.39 is 9.84 Å². The second-order valence-corrected chi connectivity index (χ2v) is 7.73. The van der Waals surface area contributed by atoms with Gasteiger partial charge in [-0.3, -0.25) is 4.79 Å². The molecule has 1 aromatic heterocycles. The molecule has 6 nitrogen and oxygen atoms in total. The number of carbonyl (C=O) groups excluding carboxylic acids is 1. The lowest BCUT2D eigenvalue weighted by atomic mass is 10.1. The Morgan fingerprint density at radius 3 is 2.38 bits per heavy atom. The van der Waals surface area contributed by atoms with Gasteiger partial charge >= 0.3 is 0 Å². The van der Waals surface area contributed by atoms with Crippen molar-refractivity contribution in [2.45, 2.75) is 11.3 Å². The first-order valence-corrected chi connectivity index (χ1v) is 9.28. The van der Waals surface area contributed by atoms with Crippen LogP contribution in [0.15, 0.2) is 47.5 Å². The molecule has 0 fully saturated rings. The summed E-state index contributed by atoms with van der Waals surface area (Å²) >= 11 is 0. The van der Waals surface area contributed by atoms with Crippen LogP contribution in [-0.2, 0) is 21.1 Å². The predicted molar refractivity (Wildman–Crippen MR) is 95.2 cm³/mol. The van der Waals surface area contributed by atoms with Gasteiger partial charge in [-0.2, -0.15) is 0 Å². The summed E-state index contributed by atoms with van der Waals surface area (Å²) in [5.41, 5.74) is 1.16. The largest absolute Gasteiger partial charge is 0.361 e. The van der Waals surface area contributed by atoms with E-state index in [-0.39, 0.29) is 17.2 Å². The number of benzene rings is 1. The highest BCUT2D eigenvalue weighted by molar-refractivity contribution is 7.90. The summed E-state index contributed by atoms with van der Waals surface area (Å²) in [4.78, 5) is 20.4. The molecule has 1 heterocycles. The SMILES string of the molecule is CN(C)c1ncccc1N(C)C(=O)Cc1ccccc1S(C)(=O)=O. The molecule has 1 aromatic carbocycles. The first-order valence-electron chi connectivity index (χ1n) is 7.38. The average Bonchev–Trinajstić information content (AvgIpc) is 2.53. The summed E-state index contributed by atoms with van der Waals surface area (Å²) in [7, 11) is 1.98. The normalized spacial score (nSPS) is 11.2. The van der Waals surface area contributed by atoms with Crippen molar-refractivity contribution in [1.29, 1.82) is 0 Å². The van der Waals surface area contributed by atoms with Gasteiger partial charge in [0.1, 0.15) is 0 Å². The first-order chi connectivity index (χ1) is 11.2. The van der Waals surface area contributed by atoms with Gasteiger partial charge in [0.2, 0.25) is 5.91 Å². The molecule has 0 saturated carbocycles. The molecule has 0 aliphatic rings. The molecule has 2 aromatic rings. The van der Waals surface area contributed by atoms with E-state index in [9.17, 15) is 13.2 Å². The van der Waals surface area contributed by atoms with Gasteiger partial charge in [-0.15, -0.1) is 0 Å². The Bertz CT molecular complexity index is 848. The molecule has 0 spiro atoms. The van der Waals surface area contributed by atoms with Gasteiger partial charge in [-0.25, -0.2) is 13.4 Å². The van der Waals surface area contributed by atoms with Crippen molar-refractivity contribution in [2.24, 2.45) is 0 Å². The Hall–Kier alpha value is -2.41. The van der Waals surface area contributed by atoms with E-state index in [1.54, 1.807) is 37.5 Å². The van der Waals surface area contributed by atoms with Crippen LogP contribution in [0.3, 0.4) is 0 Å². The van der Waals surface area contributed by atoms with Gasteiger partial charge in [-0.1, -0.05) is 18.2 Å². The number of rotatable bonds is 5. The zero-order valence-corrected chi connectivity index (χ0v) is 15.0. The van der Waals surface area contributed by atoms with E-state index in [2.05, 4.69) is 4.98 Å². The van der Waals surface area contributed by atoms with Crippen LogP contribution in [0.25, 0.3) is 0 Å². The number of nitrogens with zero attached hydrogens (tertiary/aromatic N) is 3. The maximum atomic E-state index is 12.7. The Morgan fingerprint density at radius 2 is 1.75 bits per heavy atom. The minimum atomic E-state index is -3.38. The van der Waals surface area contributed by atoms with Crippen LogP contribution in [-0.4, -0.2) is 46.7 Å². The molecule has 0 saturated heterocycles. The molecular weight excluding hydrogens is 326 g/mol. The topological polar surface area (TPSA) is 70.6 Å². The predicted octanol–water partition coefficient (Wildman–Crippen LogP) is 1.76. The molecule has 0 aliphatic heterocycles. The van der Waals surface area contributed by atoms with E-state index in [4.69, 9.17) is 0 Å².